The minimum atomic E-state index is -3.41. The zero-order valence-electron chi connectivity index (χ0n) is 16.4. The Kier molecular flexibility index (Phi) is 4.77. The van der Waals surface area contributed by atoms with Gasteiger partial charge in [-0.15, -0.1) is 0 Å². The molecule has 1 aromatic heterocycles. The van der Waals surface area contributed by atoms with E-state index in [0.29, 0.717) is 50.1 Å². The van der Waals surface area contributed by atoms with Gasteiger partial charge in [0.05, 0.1) is 5.25 Å². The molecule has 8 nitrogen and oxygen atoms in total. The predicted molar refractivity (Wildman–Crippen MR) is 104 cm³/mol. The zero-order chi connectivity index (χ0) is 20.2. The molecule has 0 radical (unpaired) electrons. The Hall–Kier alpha value is -1.74. The molecule has 1 amide bonds. The molecule has 9 heteroatoms. The van der Waals surface area contributed by atoms with E-state index in [-0.39, 0.29) is 29.8 Å². The van der Waals surface area contributed by atoms with Crippen molar-refractivity contribution >= 4 is 21.7 Å². The summed E-state index contributed by atoms with van der Waals surface area (Å²) in [4.78, 5) is 24.1. The number of fused-ring (bicyclic) bond motifs is 2. The van der Waals surface area contributed by atoms with E-state index >= 15 is 0 Å². The number of nitrogens with zero attached hydrogens (tertiary/aromatic N) is 2. The molecule has 29 heavy (non-hydrogen) atoms. The van der Waals surface area contributed by atoms with Crippen LogP contribution in [0.1, 0.15) is 86.4 Å². The van der Waals surface area contributed by atoms with Crippen LogP contribution in [0.25, 0.3) is 0 Å². The summed E-state index contributed by atoms with van der Waals surface area (Å²) in [5.74, 6) is 1.11. The van der Waals surface area contributed by atoms with Gasteiger partial charge in [-0.3, -0.25) is 9.59 Å². The van der Waals surface area contributed by atoms with Gasteiger partial charge in [-0.1, -0.05) is 5.16 Å². The Morgan fingerprint density at radius 1 is 1.07 bits per heavy atom. The molecule has 2 bridgehead atoms. The number of carbonyl (C=O) groups is 2. The van der Waals surface area contributed by atoms with Crippen LogP contribution in [0.3, 0.4) is 0 Å². The molecular weight excluding hydrogens is 394 g/mol. The number of carbonyl (C=O) groups excluding carboxylic acids is 2. The summed E-state index contributed by atoms with van der Waals surface area (Å²) < 4.78 is 33.5. The van der Waals surface area contributed by atoms with Gasteiger partial charge in [-0.05, 0) is 51.4 Å². The van der Waals surface area contributed by atoms with E-state index in [9.17, 15) is 18.0 Å². The van der Waals surface area contributed by atoms with Crippen LogP contribution in [0, 0.1) is 0 Å². The zero-order valence-corrected chi connectivity index (χ0v) is 17.2. The van der Waals surface area contributed by atoms with Crippen LogP contribution in [0.4, 0.5) is 0 Å². The maximum atomic E-state index is 13.2. The maximum absolute atomic E-state index is 13.2. The third-order valence-electron chi connectivity index (χ3n) is 6.95. The molecule has 4 fully saturated rings. The molecular formula is C20H27N3O5S. The van der Waals surface area contributed by atoms with E-state index in [4.69, 9.17) is 4.52 Å². The summed E-state index contributed by atoms with van der Waals surface area (Å²) in [5.41, 5.74) is 0.307. The molecule has 3 atom stereocenters. The number of ketones is 1. The number of hydrogen-bond donors (Lipinski definition) is 1. The fourth-order valence-corrected chi connectivity index (χ4v) is 7.66. The molecule has 0 spiro atoms. The van der Waals surface area contributed by atoms with Gasteiger partial charge in [0.15, 0.2) is 5.69 Å². The topological polar surface area (TPSA) is 110 Å². The predicted octanol–water partition coefficient (Wildman–Crippen LogP) is 2.12. The lowest BCUT2D eigenvalue weighted by molar-refractivity contribution is -0.120. The first-order chi connectivity index (χ1) is 13.9. The van der Waals surface area contributed by atoms with E-state index in [1.165, 1.54) is 0 Å². The van der Waals surface area contributed by atoms with Crippen molar-refractivity contribution in [2.24, 2.45) is 0 Å². The molecule has 2 saturated carbocycles. The SMILES string of the molecule is O=C1CCC(S(=O)(=O)N2[C@@H]3CC[C@H]2CC(NC(=O)c2cc(C4CC4)on2)C3)CC1. The molecule has 1 aromatic rings. The Morgan fingerprint density at radius 3 is 2.34 bits per heavy atom. The van der Waals surface area contributed by atoms with E-state index < -0.39 is 15.3 Å². The van der Waals surface area contributed by atoms with Gasteiger partial charge >= 0.3 is 0 Å². The number of sulfonamides is 1. The molecule has 4 aliphatic rings. The van der Waals surface area contributed by atoms with Crippen LogP contribution in [0.5, 0.6) is 0 Å². The van der Waals surface area contributed by atoms with E-state index in [0.717, 1.165) is 31.4 Å². The Labute approximate surface area is 170 Å². The maximum Gasteiger partial charge on any atom is 0.273 e. The van der Waals surface area contributed by atoms with Gasteiger partial charge in [0.2, 0.25) is 10.0 Å². The summed E-state index contributed by atoms with van der Waals surface area (Å²) >= 11 is 0. The molecule has 1 unspecified atom stereocenters. The number of rotatable bonds is 5. The molecule has 1 N–H and O–H groups in total. The van der Waals surface area contributed by atoms with Crippen LogP contribution in [-0.4, -0.2) is 52.9 Å². The standard InChI is InChI=1S/C20H27N3O5S/c24-16-5-7-17(8-6-16)29(26,27)23-14-3-4-15(23)10-13(9-14)21-20(25)18-11-19(28-22-18)12-1-2-12/h11-15,17H,1-10H2,(H,21,25)/t13?,14-,15+. The first-order valence-electron chi connectivity index (χ1n) is 10.7. The fourth-order valence-electron chi connectivity index (χ4n) is 5.27. The van der Waals surface area contributed by atoms with Crippen molar-refractivity contribution in [3.05, 3.63) is 17.5 Å². The van der Waals surface area contributed by atoms with Gasteiger partial charge in [0, 0.05) is 43.0 Å². The summed E-state index contributed by atoms with van der Waals surface area (Å²) in [6.45, 7) is 0. The van der Waals surface area contributed by atoms with Crippen molar-refractivity contribution < 1.29 is 22.5 Å². The van der Waals surface area contributed by atoms with Gasteiger partial charge in [-0.25, -0.2) is 8.42 Å². The second-order valence-corrected chi connectivity index (χ2v) is 11.1. The number of Topliss-reactive ketones (excluding diaryl/α,β-unsaturated/α-hetero) is 1. The van der Waals surface area contributed by atoms with Gasteiger partial charge in [-0.2, -0.15) is 4.31 Å². The van der Waals surface area contributed by atoms with Crippen LogP contribution in [-0.2, 0) is 14.8 Å². The Morgan fingerprint density at radius 2 is 1.72 bits per heavy atom. The number of amides is 1. The highest BCUT2D eigenvalue weighted by molar-refractivity contribution is 7.89. The molecule has 3 heterocycles. The van der Waals surface area contributed by atoms with E-state index in [2.05, 4.69) is 10.5 Å². The molecule has 2 aliphatic heterocycles. The number of hydrogen-bond acceptors (Lipinski definition) is 6. The highest BCUT2D eigenvalue weighted by Gasteiger charge is 2.49. The molecule has 0 aromatic carbocycles. The monoisotopic (exact) mass is 421 g/mol. The molecule has 5 rings (SSSR count). The lowest BCUT2D eigenvalue weighted by Crippen LogP contribution is -2.54. The Balaban J connectivity index is 1.23. The third kappa shape index (κ3) is 3.63. The molecule has 2 saturated heterocycles. The average molecular weight is 422 g/mol. The number of nitrogens with one attached hydrogen (secondary N) is 1. The van der Waals surface area contributed by atoms with Crippen LogP contribution in [0.2, 0.25) is 0 Å². The van der Waals surface area contributed by atoms with Crippen molar-refractivity contribution in [2.75, 3.05) is 0 Å². The largest absolute Gasteiger partial charge is 0.360 e. The smallest absolute Gasteiger partial charge is 0.273 e. The average Bonchev–Trinajstić information content (AvgIpc) is 3.34. The van der Waals surface area contributed by atoms with Crippen LogP contribution < -0.4 is 5.32 Å². The van der Waals surface area contributed by atoms with Crippen LogP contribution >= 0.6 is 0 Å². The fraction of sp³-hybridized carbons (Fsp3) is 0.750. The van der Waals surface area contributed by atoms with Crippen molar-refractivity contribution in [1.82, 2.24) is 14.8 Å². The molecule has 158 valence electrons. The van der Waals surface area contributed by atoms with Gasteiger partial charge < -0.3 is 9.84 Å². The summed E-state index contributed by atoms with van der Waals surface area (Å²) in [6, 6.07) is 1.54. The van der Waals surface area contributed by atoms with Crippen molar-refractivity contribution in [2.45, 2.75) is 93.5 Å². The molecule has 2 aliphatic carbocycles. The first kappa shape index (κ1) is 19.2. The number of aromatic nitrogens is 1. The van der Waals surface area contributed by atoms with Crippen molar-refractivity contribution in [3.63, 3.8) is 0 Å². The van der Waals surface area contributed by atoms with E-state index in [1.54, 1.807) is 10.4 Å². The highest BCUT2D eigenvalue weighted by Crippen LogP contribution is 2.41. The first-order valence-corrected chi connectivity index (χ1v) is 12.2. The van der Waals surface area contributed by atoms with Gasteiger partial charge in [0.25, 0.3) is 5.91 Å². The van der Waals surface area contributed by atoms with Gasteiger partial charge in [0.1, 0.15) is 11.5 Å². The quantitative estimate of drug-likeness (QED) is 0.780. The number of piperidine rings is 1. The Bertz CT molecular complexity index is 898. The lowest BCUT2D eigenvalue weighted by atomic mass is 9.99. The second-order valence-electron chi connectivity index (χ2n) is 9.03. The van der Waals surface area contributed by atoms with Crippen molar-refractivity contribution in [3.8, 4) is 0 Å². The van der Waals surface area contributed by atoms with E-state index in [1.807, 2.05) is 0 Å². The normalized spacial score (nSPS) is 31.2. The summed E-state index contributed by atoms with van der Waals surface area (Å²) in [6.07, 6.45) is 6.69. The van der Waals surface area contributed by atoms with Crippen LogP contribution in [0.15, 0.2) is 10.6 Å². The lowest BCUT2D eigenvalue weighted by Gasteiger charge is -2.40. The summed E-state index contributed by atoms with van der Waals surface area (Å²) in [7, 11) is -3.41. The minimum Gasteiger partial charge on any atom is -0.360 e. The minimum absolute atomic E-state index is 0.0551. The van der Waals surface area contributed by atoms with Crippen molar-refractivity contribution in [1.29, 1.82) is 0 Å². The second kappa shape index (κ2) is 7.19. The third-order valence-corrected chi connectivity index (χ3v) is 9.45. The summed E-state index contributed by atoms with van der Waals surface area (Å²) in [5, 5.41) is 6.50. The highest BCUT2D eigenvalue weighted by atomic mass is 32.2.